The summed E-state index contributed by atoms with van der Waals surface area (Å²) in [6.45, 7) is 6.75. The molecule has 0 N–H and O–H groups in total. The molecule has 1 unspecified atom stereocenters. The summed E-state index contributed by atoms with van der Waals surface area (Å²) in [6, 6.07) is 3.81. The molecule has 138 valence electrons. The summed E-state index contributed by atoms with van der Waals surface area (Å²) in [6.07, 6.45) is 10.2. The Labute approximate surface area is 154 Å². The lowest BCUT2D eigenvalue weighted by Gasteiger charge is -2.33. The number of hydrogen-bond donors (Lipinski definition) is 0. The van der Waals surface area contributed by atoms with Gasteiger partial charge in [-0.1, -0.05) is 0 Å². The lowest BCUT2D eigenvalue weighted by atomic mass is 9.97. The van der Waals surface area contributed by atoms with Gasteiger partial charge in [0.2, 0.25) is 0 Å². The highest BCUT2D eigenvalue weighted by molar-refractivity contribution is 5.95. The topological polar surface area (TPSA) is 54.3 Å². The number of amides is 1. The van der Waals surface area contributed by atoms with Crippen molar-refractivity contribution in [2.45, 2.75) is 45.1 Å². The van der Waals surface area contributed by atoms with Crippen LogP contribution in [-0.2, 0) is 6.54 Å². The standard InChI is InChI=1S/C20H27N5O/c1-2-23-13-9-22-19(23)17-6-5-12-25(15-17)18-14-16(7-8-21-18)20(26)24-10-3-4-11-24/h7-9,13-14,17H,2-6,10-12,15H2,1H3. The maximum atomic E-state index is 12.7. The molecule has 2 aromatic rings. The molecule has 2 aliphatic heterocycles. The van der Waals surface area contributed by atoms with E-state index in [1.165, 1.54) is 5.82 Å². The van der Waals surface area contributed by atoms with E-state index in [1.54, 1.807) is 6.20 Å². The summed E-state index contributed by atoms with van der Waals surface area (Å²) in [5.74, 6) is 2.63. The Morgan fingerprint density at radius 2 is 2.00 bits per heavy atom. The van der Waals surface area contributed by atoms with Gasteiger partial charge < -0.3 is 14.4 Å². The molecule has 26 heavy (non-hydrogen) atoms. The molecule has 0 spiro atoms. The summed E-state index contributed by atoms with van der Waals surface area (Å²) >= 11 is 0. The fourth-order valence-electron chi connectivity index (χ4n) is 4.17. The van der Waals surface area contributed by atoms with Crippen molar-refractivity contribution in [1.29, 1.82) is 0 Å². The third kappa shape index (κ3) is 3.32. The van der Waals surface area contributed by atoms with E-state index in [2.05, 4.69) is 32.6 Å². The Kier molecular flexibility index (Phi) is 4.91. The number of carbonyl (C=O) groups is 1. The second kappa shape index (κ2) is 7.48. The molecule has 0 saturated carbocycles. The second-order valence-electron chi connectivity index (χ2n) is 7.26. The van der Waals surface area contributed by atoms with E-state index in [-0.39, 0.29) is 5.91 Å². The third-order valence-electron chi connectivity index (χ3n) is 5.58. The normalized spacial score (nSPS) is 20.6. The molecular weight excluding hydrogens is 326 g/mol. The summed E-state index contributed by atoms with van der Waals surface area (Å²) in [4.78, 5) is 26.1. The average Bonchev–Trinajstić information content (AvgIpc) is 3.39. The molecule has 0 aliphatic carbocycles. The Balaban J connectivity index is 1.52. The number of likely N-dealkylation sites (tertiary alicyclic amines) is 1. The summed E-state index contributed by atoms with van der Waals surface area (Å²) in [5, 5.41) is 0. The van der Waals surface area contributed by atoms with Gasteiger partial charge in [-0.25, -0.2) is 9.97 Å². The third-order valence-corrected chi connectivity index (χ3v) is 5.58. The zero-order valence-electron chi connectivity index (χ0n) is 15.5. The van der Waals surface area contributed by atoms with Crippen molar-refractivity contribution in [3.8, 4) is 0 Å². The van der Waals surface area contributed by atoms with Crippen molar-refractivity contribution in [1.82, 2.24) is 19.4 Å². The predicted molar refractivity (Wildman–Crippen MR) is 101 cm³/mol. The average molecular weight is 353 g/mol. The lowest BCUT2D eigenvalue weighted by Crippen LogP contribution is -2.36. The van der Waals surface area contributed by atoms with Crippen LogP contribution in [0.15, 0.2) is 30.7 Å². The number of aryl methyl sites for hydroxylation is 1. The molecule has 2 aromatic heterocycles. The van der Waals surface area contributed by atoms with E-state index in [1.807, 2.05) is 23.2 Å². The van der Waals surface area contributed by atoms with Crippen molar-refractivity contribution < 1.29 is 4.79 Å². The van der Waals surface area contributed by atoms with Crippen LogP contribution in [0.25, 0.3) is 0 Å². The van der Waals surface area contributed by atoms with E-state index < -0.39 is 0 Å². The summed E-state index contributed by atoms with van der Waals surface area (Å²) < 4.78 is 2.23. The van der Waals surface area contributed by atoms with Gasteiger partial charge in [-0.2, -0.15) is 0 Å². The molecule has 6 heteroatoms. The highest BCUT2D eigenvalue weighted by Gasteiger charge is 2.26. The minimum Gasteiger partial charge on any atom is -0.356 e. The number of hydrogen-bond acceptors (Lipinski definition) is 4. The number of rotatable bonds is 4. The molecule has 0 bridgehead atoms. The van der Waals surface area contributed by atoms with Gasteiger partial charge in [0.05, 0.1) is 0 Å². The van der Waals surface area contributed by atoms with Crippen LogP contribution < -0.4 is 4.90 Å². The number of aromatic nitrogens is 3. The van der Waals surface area contributed by atoms with Crippen LogP contribution in [0.2, 0.25) is 0 Å². The quantitative estimate of drug-likeness (QED) is 0.848. The fourth-order valence-corrected chi connectivity index (χ4v) is 4.17. The van der Waals surface area contributed by atoms with Crippen molar-refractivity contribution in [2.75, 3.05) is 31.1 Å². The molecule has 0 radical (unpaired) electrons. The first-order valence-electron chi connectivity index (χ1n) is 9.77. The maximum Gasteiger partial charge on any atom is 0.254 e. The molecule has 4 heterocycles. The van der Waals surface area contributed by atoms with Gasteiger partial charge in [0.25, 0.3) is 5.91 Å². The molecule has 1 atom stereocenters. The first-order valence-corrected chi connectivity index (χ1v) is 9.77. The zero-order valence-corrected chi connectivity index (χ0v) is 15.5. The molecule has 2 fully saturated rings. The lowest BCUT2D eigenvalue weighted by molar-refractivity contribution is 0.0792. The number of piperidine rings is 1. The Bertz CT molecular complexity index is 765. The Morgan fingerprint density at radius 1 is 1.15 bits per heavy atom. The van der Waals surface area contributed by atoms with Gasteiger partial charge in [-0.15, -0.1) is 0 Å². The van der Waals surface area contributed by atoms with Crippen LogP contribution >= 0.6 is 0 Å². The van der Waals surface area contributed by atoms with Crippen molar-refractivity contribution >= 4 is 11.7 Å². The largest absolute Gasteiger partial charge is 0.356 e. The summed E-state index contributed by atoms with van der Waals surface area (Å²) in [7, 11) is 0. The summed E-state index contributed by atoms with van der Waals surface area (Å²) in [5.41, 5.74) is 0.758. The molecule has 2 saturated heterocycles. The van der Waals surface area contributed by atoms with Gasteiger partial charge in [-0.05, 0) is 44.7 Å². The van der Waals surface area contributed by atoms with Crippen LogP contribution in [-0.4, -0.2) is 51.5 Å². The van der Waals surface area contributed by atoms with Crippen LogP contribution in [0.1, 0.15) is 54.7 Å². The minimum atomic E-state index is 0.140. The maximum absolute atomic E-state index is 12.7. The van der Waals surface area contributed by atoms with Gasteiger partial charge >= 0.3 is 0 Å². The van der Waals surface area contributed by atoms with Gasteiger partial charge in [0.1, 0.15) is 11.6 Å². The molecule has 4 rings (SSSR count). The minimum absolute atomic E-state index is 0.140. The monoisotopic (exact) mass is 353 g/mol. The van der Waals surface area contributed by atoms with Crippen molar-refractivity contribution in [2.24, 2.45) is 0 Å². The molecular formula is C20H27N5O. The zero-order chi connectivity index (χ0) is 17.9. The Morgan fingerprint density at radius 3 is 2.81 bits per heavy atom. The predicted octanol–water partition coefficient (Wildman–Crippen LogP) is 2.92. The van der Waals surface area contributed by atoms with Crippen LogP contribution in [0, 0.1) is 0 Å². The number of anilines is 1. The SMILES string of the molecule is CCn1ccnc1C1CCCN(c2cc(C(=O)N3CCCC3)ccn2)C1. The first-order chi connectivity index (χ1) is 12.8. The Hall–Kier alpha value is -2.37. The number of nitrogens with zero attached hydrogens (tertiary/aromatic N) is 5. The van der Waals surface area contributed by atoms with E-state index >= 15 is 0 Å². The van der Waals surface area contributed by atoms with Gasteiger partial charge in [-0.3, -0.25) is 4.79 Å². The highest BCUT2D eigenvalue weighted by atomic mass is 16.2. The molecule has 2 aliphatic rings. The second-order valence-corrected chi connectivity index (χ2v) is 7.26. The molecule has 6 nitrogen and oxygen atoms in total. The van der Waals surface area contributed by atoms with Crippen LogP contribution in [0.4, 0.5) is 5.82 Å². The number of imidazole rings is 1. The first kappa shape index (κ1) is 17.1. The van der Waals surface area contributed by atoms with Crippen molar-refractivity contribution in [3.63, 3.8) is 0 Å². The van der Waals surface area contributed by atoms with E-state index in [4.69, 9.17) is 0 Å². The van der Waals surface area contributed by atoms with E-state index in [0.717, 1.165) is 69.8 Å². The van der Waals surface area contributed by atoms with Gasteiger partial charge in [0.15, 0.2) is 0 Å². The van der Waals surface area contributed by atoms with E-state index in [0.29, 0.717) is 5.92 Å². The van der Waals surface area contributed by atoms with Crippen LogP contribution in [0.3, 0.4) is 0 Å². The molecule has 0 aromatic carbocycles. The smallest absolute Gasteiger partial charge is 0.254 e. The fraction of sp³-hybridized carbons (Fsp3) is 0.550. The number of pyridine rings is 1. The van der Waals surface area contributed by atoms with Crippen LogP contribution in [0.5, 0.6) is 0 Å². The molecule has 1 amide bonds. The highest BCUT2D eigenvalue weighted by Crippen LogP contribution is 2.29. The number of carbonyl (C=O) groups excluding carboxylic acids is 1. The van der Waals surface area contributed by atoms with Crippen molar-refractivity contribution in [3.05, 3.63) is 42.1 Å². The van der Waals surface area contributed by atoms with E-state index in [9.17, 15) is 4.79 Å². The van der Waals surface area contributed by atoms with Gasteiger partial charge in [0, 0.05) is 62.8 Å².